The predicted molar refractivity (Wildman–Crippen MR) is 146 cm³/mol. The smallest absolute Gasteiger partial charge is 0.272 e. The van der Waals surface area contributed by atoms with Gasteiger partial charge in [0.25, 0.3) is 5.91 Å². The third-order valence-electron chi connectivity index (χ3n) is 6.98. The quantitative estimate of drug-likeness (QED) is 0.311. The van der Waals surface area contributed by atoms with Crippen molar-refractivity contribution in [2.24, 2.45) is 0 Å². The summed E-state index contributed by atoms with van der Waals surface area (Å²) in [6.45, 7) is 0. The molecule has 1 aliphatic carbocycles. The number of ether oxygens (including phenoxy) is 2. The summed E-state index contributed by atoms with van der Waals surface area (Å²) in [6, 6.07) is 15.0. The van der Waals surface area contributed by atoms with Crippen molar-refractivity contribution in [1.82, 2.24) is 20.1 Å². The van der Waals surface area contributed by atoms with Crippen LogP contribution in [0, 0.1) is 0 Å². The highest BCUT2D eigenvalue weighted by atomic mass is 35.5. The molecule has 1 N–H and O–H groups in total. The van der Waals surface area contributed by atoms with Gasteiger partial charge in [0, 0.05) is 22.6 Å². The van der Waals surface area contributed by atoms with Gasteiger partial charge in [0.05, 0.1) is 36.7 Å². The molecule has 0 atom stereocenters. The van der Waals surface area contributed by atoms with E-state index < -0.39 is 0 Å². The lowest BCUT2D eigenvalue weighted by molar-refractivity contribution is 0.0925. The van der Waals surface area contributed by atoms with E-state index in [1.165, 1.54) is 19.3 Å². The zero-order valence-corrected chi connectivity index (χ0v) is 21.9. The molecular weight excluding hydrogens is 488 g/mol. The molecule has 1 fully saturated rings. The number of pyridine rings is 1. The molecular formula is C29H31ClN4O3. The number of fused-ring (bicyclic) bond motifs is 1. The molecule has 1 aliphatic rings. The molecule has 4 aromatic rings. The van der Waals surface area contributed by atoms with Crippen molar-refractivity contribution < 1.29 is 14.3 Å². The average molecular weight is 519 g/mol. The van der Waals surface area contributed by atoms with Gasteiger partial charge in [0.15, 0.2) is 5.69 Å². The Morgan fingerprint density at radius 3 is 2.38 bits per heavy atom. The number of carbonyl (C=O) groups excluding carboxylic acids is 1. The molecule has 2 aromatic heterocycles. The normalized spacial score (nSPS) is 14.7. The summed E-state index contributed by atoms with van der Waals surface area (Å²) in [7, 11) is 3.23. The highest BCUT2D eigenvalue weighted by Crippen LogP contribution is 2.40. The van der Waals surface area contributed by atoms with Crippen LogP contribution in [0.25, 0.3) is 27.8 Å². The molecule has 37 heavy (non-hydrogen) atoms. The van der Waals surface area contributed by atoms with Crippen molar-refractivity contribution in [1.29, 1.82) is 0 Å². The molecule has 0 spiro atoms. The van der Waals surface area contributed by atoms with Gasteiger partial charge in [-0.2, -0.15) is 5.10 Å². The van der Waals surface area contributed by atoms with Crippen molar-refractivity contribution in [3.8, 4) is 28.4 Å². The van der Waals surface area contributed by atoms with E-state index >= 15 is 0 Å². The molecule has 1 saturated carbocycles. The van der Waals surface area contributed by atoms with Crippen LogP contribution in [-0.4, -0.2) is 40.9 Å². The number of nitrogens with one attached hydrogen (secondary N) is 1. The van der Waals surface area contributed by atoms with Crippen molar-refractivity contribution in [3.63, 3.8) is 0 Å². The summed E-state index contributed by atoms with van der Waals surface area (Å²) in [5.74, 6) is 1.06. The molecule has 192 valence electrons. The molecule has 0 bridgehead atoms. The molecule has 7 nitrogen and oxygen atoms in total. The first kappa shape index (κ1) is 25.1. The topological polar surface area (TPSA) is 78.3 Å². The summed E-state index contributed by atoms with van der Waals surface area (Å²) in [4.78, 5) is 18.0. The zero-order chi connectivity index (χ0) is 25.8. The fourth-order valence-corrected chi connectivity index (χ4v) is 5.27. The maximum Gasteiger partial charge on any atom is 0.272 e. The van der Waals surface area contributed by atoms with E-state index in [4.69, 9.17) is 26.2 Å². The van der Waals surface area contributed by atoms with Crippen molar-refractivity contribution >= 4 is 28.4 Å². The molecule has 2 aromatic carbocycles. The van der Waals surface area contributed by atoms with Crippen LogP contribution in [0.4, 0.5) is 0 Å². The first-order chi connectivity index (χ1) is 18.1. The van der Waals surface area contributed by atoms with Crippen LogP contribution in [0.3, 0.4) is 0 Å². The minimum Gasteiger partial charge on any atom is -0.496 e. The summed E-state index contributed by atoms with van der Waals surface area (Å²) in [6.07, 6.45) is 9.69. The van der Waals surface area contributed by atoms with Crippen LogP contribution in [0.2, 0.25) is 5.02 Å². The molecule has 0 radical (unpaired) electrons. The van der Waals surface area contributed by atoms with E-state index in [9.17, 15) is 4.79 Å². The zero-order valence-electron chi connectivity index (χ0n) is 21.2. The maximum atomic E-state index is 13.5. The fraction of sp³-hybridized carbons (Fsp3) is 0.345. The first-order valence-electron chi connectivity index (χ1n) is 12.8. The Morgan fingerprint density at radius 1 is 0.973 bits per heavy atom. The lowest BCUT2D eigenvalue weighted by Crippen LogP contribution is -2.35. The number of hydrogen-bond donors (Lipinski definition) is 1. The second kappa shape index (κ2) is 11.2. The third-order valence-corrected chi connectivity index (χ3v) is 7.21. The Labute approximate surface area is 221 Å². The van der Waals surface area contributed by atoms with Crippen LogP contribution in [-0.2, 0) is 0 Å². The van der Waals surface area contributed by atoms with E-state index in [0.29, 0.717) is 33.5 Å². The minimum absolute atomic E-state index is 0.158. The maximum absolute atomic E-state index is 13.5. The molecule has 2 heterocycles. The van der Waals surface area contributed by atoms with Gasteiger partial charge in [0.2, 0.25) is 0 Å². The third kappa shape index (κ3) is 5.27. The van der Waals surface area contributed by atoms with Gasteiger partial charge >= 0.3 is 0 Å². The largest absolute Gasteiger partial charge is 0.496 e. The Hall–Kier alpha value is -3.58. The highest BCUT2D eigenvalue weighted by molar-refractivity contribution is 6.31. The van der Waals surface area contributed by atoms with Gasteiger partial charge in [-0.3, -0.25) is 9.78 Å². The number of rotatable bonds is 6. The second-order valence-corrected chi connectivity index (χ2v) is 9.81. The van der Waals surface area contributed by atoms with Gasteiger partial charge in [-0.1, -0.05) is 49.8 Å². The van der Waals surface area contributed by atoms with Crippen LogP contribution >= 0.6 is 11.6 Å². The number of nitrogens with zero attached hydrogens (tertiary/aromatic N) is 3. The van der Waals surface area contributed by atoms with Gasteiger partial charge in [-0.05, 0) is 55.3 Å². The number of hydrogen-bond acceptors (Lipinski definition) is 5. The van der Waals surface area contributed by atoms with Crippen LogP contribution < -0.4 is 14.8 Å². The highest BCUT2D eigenvalue weighted by Gasteiger charge is 2.24. The molecule has 1 amide bonds. The van der Waals surface area contributed by atoms with Gasteiger partial charge in [-0.25, -0.2) is 4.68 Å². The number of benzene rings is 2. The molecule has 0 saturated heterocycles. The Balaban J connectivity index is 1.64. The Kier molecular flexibility index (Phi) is 7.60. The Morgan fingerprint density at radius 2 is 1.68 bits per heavy atom. The first-order valence-corrected chi connectivity index (χ1v) is 13.1. The number of amides is 1. The second-order valence-electron chi connectivity index (χ2n) is 9.37. The van der Waals surface area contributed by atoms with Crippen LogP contribution in [0.15, 0.2) is 54.7 Å². The molecule has 0 aliphatic heterocycles. The lowest BCUT2D eigenvalue weighted by Gasteiger charge is -2.20. The van der Waals surface area contributed by atoms with Crippen molar-refractivity contribution in [3.05, 3.63) is 65.4 Å². The van der Waals surface area contributed by atoms with Crippen molar-refractivity contribution in [2.75, 3.05) is 14.2 Å². The summed E-state index contributed by atoms with van der Waals surface area (Å²) >= 11 is 6.23. The van der Waals surface area contributed by atoms with E-state index in [1.807, 2.05) is 42.5 Å². The van der Waals surface area contributed by atoms with Crippen LogP contribution in [0.5, 0.6) is 11.5 Å². The summed E-state index contributed by atoms with van der Waals surface area (Å²) in [5, 5.41) is 9.52. The van der Waals surface area contributed by atoms with Crippen LogP contribution in [0.1, 0.15) is 55.4 Å². The van der Waals surface area contributed by atoms with E-state index in [-0.39, 0.29) is 11.9 Å². The van der Waals surface area contributed by atoms with Gasteiger partial charge in [-0.15, -0.1) is 0 Å². The molecule has 0 unspecified atom stereocenters. The average Bonchev–Trinajstić information content (AvgIpc) is 3.34. The fourth-order valence-electron chi connectivity index (χ4n) is 5.11. The standard InChI is InChI=1S/C29H31ClN4O3/c1-36-26-11-8-12-27(37-2)28(26)25-18-23(29(35)32-20-9-6-4-3-5-7-10-20)33-34(25)24-15-16-31-22-17-19(30)13-14-21(22)24/h8,11-18,20H,3-7,9-10H2,1-2H3,(H,32,35). The van der Waals surface area contributed by atoms with E-state index in [1.54, 1.807) is 31.2 Å². The minimum atomic E-state index is -0.180. The summed E-state index contributed by atoms with van der Waals surface area (Å²) in [5.41, 5.74) is 3.24. The Bertz CT molecular complexity index is 1390. The van der Waals surface area contributed by atoms with Crippen molar-refractivity contribution in [2.45, 2.75) is 51.0 Å². The molecule has 8 heteroatoms. The number of carbonyl (C=O) groups is 1. The SMILES string of the molecule is COc1cccc(OC)c1-c1cc(C(=O)NC2CCCCCCC2)nn1-c1ccnc2cc(Cl)ccc12. The van der Waals surface area contributed by atoms with E-state index in [0.717, 1.165) is 42.3 Å². The number of methoxy groups -OCH3 is 2. The predicted octanol–water partition coefficient (Wildman–Crippen LogP) is 6.60. The summed E-state index contributed by atoms with van der Waals surface area (Å²) < 4.78 is 13.2. The van der Waals surface area contributed by atoms with E-state index in [2.05, 4.69) is 10.3 Å². The van der Waals surface area contributed by atoms with Gasteiger partial charge < -0.3 is 14.8 Å². The number of halogens is 1. The monoisotopic (exact) mass is 518 g/mol. The lowest BCUT2D eigenvalue weighted by atomic mass is 9.96. The molecule has 5 rings (SSSR count). The van der Waals surface area contributed by atoms with Gasteiger partial charge in [0.1, 0.15) is 11.5 Å². The number of aromatic nitrogens is 3.